The molecule has 1 aromatic rings. The van der Waals surface area contributed by atoms with Crippen LogP contribution in [-0.2, 0) is 6.54 Å². The van der Waals surface area contributed by atoms with Gasteiger partial charge in [0.25, 0.3) is 0 Å². The highest BCUT2D eigenvalue weighted by Gasteiger charge is 2.27. The van der Waals surface area contributed by atoms with Crippen molar-refractivity contribution in [1.29, 1.82) is 0 Å². The lowest BCUT2D eigenvalue weighted by molar-refractivity contribution is -0.140. The van der Waals surface area contributed by atoms with Crippen molar-refractivity contribution < 1.29 is 13.2 Å². The molecule has 5 heteroatoms. The fourth-order valence-electron chi connectivity index (χ4n) is 1.03. The summed E-state index contributed by atoms with van der Waals surface area (Å²) < 4.78 is 36.8. The van der Waals surface area contributed by atoms with Gasteiger partial charge in [0.05, 0.1) is 0 Å². The monoisotopic (exact) mass is 192 g/mol. The number of nitrogens with zero attached hydrogens (tertiary/aromatic N) is 1. The van der Waals surface area contributed by atoms with E-state index < -0.39 is 12.7 Å². The van der Waals surface area contributed by atoms with Gasteiger partial charge in [-0.15, -0.1) is 0 Å². The molecule has 0 saturated heterocycles. The van der Waals surface area contributed by atoms with Crippen LogP contribution >= 0.6 is 0 Å². The molecule has 74 valence electrons. The number of halogens is 3. The lowest BCUT2D eigenvalue weighted by Gasteiger charge is -2.07. The van der Waals surface area contributed by atoms with E-state index in [9.17, 15) is 13.2 Å². The van der Waals surface area contributed by atoms with Crippen LogP contribution in [0.25, 0.3) is 0 Å². The molecule has 0 amide bonds. The SMILES string of the molecule is CC(N)c1ccn(CC(F)(F)F)c1. The van der Waals surface area contributed by atoms with Crippen LogP contribution in [0.3, 0.4) is 0 Å². The summed E-state index contributed by atoms with van der Waals surface area (Å²) in [5.74, 6) is 0. The number of aromatic nitrogens is 1. The first-order valence-electron chi connectivity index (χ1n) is 3.86. The molecule has 0 bridgehead atoms. The van der Waals surface area contributed by atoms with Crippen LogP contribution < -0.4 is 5.73 Å². The second-order valence-electron chi connectivity index (χ2n) is 3.02. The zero-order chi connectivity index (χ0) is 10.1. The summed E-state index contributed by atoms with van der Waals surface area (Å²) in [6.07, 6.45) is -1.38. The van der Waals surface area contributed by atoms with Crippen molar-refractivity contribution in [1.82, 2.24) is 4.57 Å². The molecule has 1 aromatic heterocycles. The summed E-state index contributed by atoms with van der Waals surface area (Å²) in [6, 6.07) is 1.37. The summed E-state index contributed by atoms with van der Waals surface area (Å²) in [5, 5.41) is 0. The van der Waals surface area contributed by atoms with Gasteiger partial charge in [0, 0.05) is 18.4 Å². The fraction of sp³-hybridized carbons (Fsp3) is 0.500. The summed E-state index contributed by atoms with van der Waals surface area (Å²) in [4.78, 5) is 0. The number of hydrogen-bond acceptors (Lipinski definition) is 1. The predicted octanol–water partition coefficient (Wildman–Crippen LogP) is 2.07. The molecule has 2 nitrogen and oxygen atoms in total. The standard InChI is InChI=1S/C8H11F3N2/c1-6(12)7-2-3-13(4-7)5-8(9,10)11/h2-4,6H,5,12H2,1H3. The highest BCUT2D eigenvalue weighted by Crippen LogP contribution is 2.19. The second-order valence-corrected chi connectivity index (χ2v) is 3.02. The quantitative estimate of drug-likeness (QED) is 0.764. The molecule has 1 atom stereocenters. The summed E-state index contributed by atoms with van der Waals surface area (Å²) in [6.45, 7) is 0.771. The van der Waals surface area contributed by atoms with Gasteiger partial charge >= 0.3 is 6.18 Å². The van der Waals surface area contributed by atoms with Crippen LogP contribution in [-0.4, -0.2) is 10.7 Å². The Morgan fingerprint density at radius 2 is 2.15 bits per heavy atom. The van der Waals surface area contributed by atoms with Gasteiger partial charge in [-0.3, -0.25) is 0 Å². The van der Waals surface area contributed by atoms with E-state index in [1.54, 1.807) is 13.0 Å². The van der Waals surface area contributed by atoms with E-state index in [1.807, 2.05) is 0 Å². The molecule has 0 aromatic carbocycles. The van der Waals surface area contributed by atoms with Crippen molar-refractivity contribution >= 4 is 0 Å². The van der Waals surface area contributed by atoms with E-state index >= 15 is 0 Å². The zero-order valence-corrected chi connectivity index (χ0v) is 7.17. The van der Waals surface area contributed by atoms with Gasteiger partial charge in [-0.25, -0.2) is 0 Å². The maximum absolute atomic E-state index is 11.9. The zero-order valence-electron chi connectivity index (χ0n) is 7.17. The summed E-state index contributed by atoms with van der Waals surface area (Å²) in [7, 11) is 0. The molecule has 1 heterocycles. The Kier molecular flexibility index (Phi) is 2.66. The third kappa shape index (κ3) is 3.10. The van der Waals surface area contributed by atoms with E-state index in [0.29, 0.717) is 5.56 Å². The van der Waals surface area contributed by atoms with Crippen molar-refractivity contribution in [2.75, 3.05) is 0 Å². The van der Waals surface area contributed by atoms with Crippen molar-refractivity contribution in [2.45, 2.75) is 25.7 Å². The lowest BCUT2D eigenvalue weighted by Crippen LogP contribution is -2.16. The molecule has 0 fully saturated rings. The smallest absolute Gasteiger partial charge is 0.345 e. The average Bonchev–Trinajstić information content (AvgIpc) is 2.31. The molecule has 0 aliphatic rings. The van der Waals surface area contributed by atoms with Crippen molar-refractivity contribution in [3.8, 4) is 0 Å². The summed E-state index contributed by atoms with van der Waals surface area (Å²) >= 11 is 0. The Morgan fingerprint density at radius 3 is 2.54 bits per heavy atom. The van der Waals surface area contributed by atoms with Gasteiger partial charge < -0.3 is 10.3 Å². The van der Waals surface area contributed by atoms with E-state index in [4.69, 9.17) is 5.73 Å². The normalized spacial score (nSPS) is 14.5. The van der Waals surface area contributed by atoms with Gasteiger partial charge in [-0.05, 0) is 18.6 Å². The maximum atomic E-state index is 11.9. The lowest BCUT2D eigenvalue weighted by atomic mass is 10.2. The Hall–Kier alpha value is -0.970. The molecular formula is C8H11F3N2. The number of hydrogen-bond donors (Lipinski definition) is 1. The Balaban J connectivity index is 2.70. The summed E-state index contributed by atoms with van der Waals surface area (Å²) in [5.41, 5.74) is 6.21. The number of rotatable bonds is 2. The van der Waals surface area contributed by atoms with Crippen molar-refractivity contribution in [3.63, 3.8) is 0 Å². The van der Waals surface area contributed by atoms with Gasteiger partial charge in [-0.1, -0.05) is 0 Å². The van der Waals surface area contributed by atoms with Crippen LogP contribution in [0.4, 0.5) is 13.2 Å². The first-order valence-corrected chi connectivity index (χ1v) is 3.86. The van der Waals surface area contributed by atoms with E-state index in [2.05, 4.69) is 0 Å². The molecule has 0 aliphatic carbocycles. The Labute approximate surface area is 74.1 Å². The van der Waals surface area contributed by atoms with E-state index in [-0.39, 0.29) is 6.04 Å². The molecular weight excluding hydrogens is 181 g/mol. The number of alkyl halides is 3. The highest BCUT2D eigenvalue weighted by molar-refractivity contribution is 5.13. The van der Waals surface area contributed by atoms with Gasteiger partial charge in [0.2, 0.25) is 0 Å². The largest absolute Gasteiger partial charge is 0.406 e. The Bertz CT molecular complexity index is 275. The minimum absolute atomic E-state index is 0.227. The highest BCUT2D eigenvalue weighted by atomic mass is 19.4. The topological polar surface area (TPSA) is 30.9 Å². The Morgan fingerprint density at radius 1 is 1.54 bits per heavy atom. The van der Waals surface area contributed by atoms with Crippen LogP contribution in [0.1, 0.15) is 18.5 Å². The molecule has 1 unspecified atom stereocenters. The van der Waals surface area contributed by atoms with E-state index in [0.717, 1.165) is 4.57 Å². The minimum atomic E-state index is -4.17. The van der Waals surface area contributed by atoms with Crippen LogP contribution in [0.5, 0.6) is 0 Å². The van der Waals surface area contributed by atoms with Gasteiger partial charge in [-0.2, -0.15) is 13.2 Å². The van der Waals surface area contributed by atoms with Gasteiger partial charge in [0.15, 0.2) is 0 Å². The average molecular weight is 192 g/mol. The third-order valence-electron chi connectivity index (χ3n) is 1.66. The first kappa shape index (κ1) is 10.1. The minimum Gasteiger partial charge on any atom is -0.345 e. The molecule has 1 rings (SSSR count). The molecule has 0 saturated carbocycles. The number of nitrogens with two attached hydrogens (primary N) is 1. The molecule has 0 spiro atoms. The fourth-order valence-corrected chi connectivity index (χ4v) is 1.03. The van der Waals surface area contributed by atoms with Crippen LogP contribution in [0.2, 0.25) is 0 Å². The van der Waals surface area contributed by atoms with Crippen LogP contribution in [0, 0.1) is 0 Å². The molecule has 0 aliphatic heterocycles. The van der Waals surface area contributed by atoms with Crippen LogP contribution in [0.15, 0.2) is 18.5 Å². The van der Waals surface area contributed by atoms with E-state index in [1.165, 1.54) is 12.4 Å². The van der Waals surface area contributed by atoms with Crippen molar-refractivity contribution in [3.05, 3.63) is 24.0 Å². The van der Waals surface area contributed by atoms with Gasteiger partial charge in [0.1, 0.15) is 6.54 Å². The predicted molar refractivity (Wildman–Crippen MR) is 43.1 cm³/mol. The molecule has 0 radical (unpaired) electrons. The second kappa shape index (κ2) is 3.41. The maximum Gasteiger partial charge on any atom is 0.406 e. The first-order chi connectivity index (χ1) is 5.88. The van der Waals surface area contributed by atoms with Crippen molar-refractivity contribution in [2.24, 2.45) is 5.73 Å². The third-order valence-corrected chi connectivity index (χ3v) is 1.66. The molecule has 13 heavy (non-hydrogen) atoms. The molecule has 2 N–H and O–H groups in total.